The summed E-state index contributed by atoms with van der Waals surface area (Å²) in [7, 11) is 0. The van der Waals surface area contributed by atoms with E-state index in [1.54, 1.807) is 40.9 Å². The van der Waals surface area contributed by atoms with Gasteiger partial charge in [0, 0.05) is 22.9 Å². The number of hydrogen-bond acceptors (Lipinski definition) is 3. The summed E-state index contributed by atoms with van der Waals surface area (Å²) in [5.41, 5.74) is 2.63. The van der Waals surface area contributed by atoms with Crippen LogP contribution < -0.4 is 0 Å². The van der Waals surface area contributed by atoms with Gasteiger partial charge in [-0.25, -0.2) is 4.99 Å². The maximum Gasteiger partial charge on any atom is 0.259 e. The van der Waals surface area contributed by atoms with Gasteiger partial charge in [-0.2, -0.15) is 0 Å². The lowest BCUT2D eigenvalue weighted by Crippen LogP contribution is -2.31. The Labute approximate surface area is 139 Å². The summed E-state index contributed by atoms with van der Waals surface area (Å²) in [4.78, 5) is 19.0. The first-order chi connectivity index (χ1) is 10.6. The Bertz CT molecular complexity index is 728. The molecule has 2 aromatic carbocycles. The summed E-state index contributed by atoms with van der Waals surface area (Å²) in [6.07, 6.45) is 0. The van der Waals surface area contributed by atoms with Crippen molar-refractivity contribution >= 4 is 40.1 Å². The summed E-state index contributed by atoms with van der Waals surface area (Å²) >= 11 is 7.49. The van der Waals surface area contributed by atoms with Gasteiger partial charge in [0.15, 0.2) is 5.17 Å². The quantitative estimate of drug-likeness (QED) is 0.810. The fourth-order valence-electron chi connectivity index (χ4n) is 2.22. The average molecular weight is 331 g/mol. The van der Waals surface area contributed by atoms with E-state index in [0.717, 1.165) is 22.2 Å². The van der Waals surface area contributed by atoms with Crippen molar-refractivity contribution in [2.75, 3.05) is 12.3 Å². The van der Waals surface area contributed by atoms with Crippen LogP contribution in [0.1, 0.15) is 15.9 Å². The molecule has 0 radical (unpaired) electrons. The molecule has 1 amide bonds. The molecule has 5 heteroatoms. The lowest BCUT2D eigenvalue weighted by molar-refractivity contribution is 0.0859. The lowest BCUT2D eigenvalue weighted by Gasteiger charge is -2.16. The number of aliphatic imine (C=N–C) groups is 1. The highest BCUT2D eigenvalue weighted by molar-refractivity contribution is 8.14. The maximum atomic E-state index is 12.6. The zero-order chi connectivity index (χ0) is 15.5. The molecule has 0 aliphatic carbocycles. The van der Waals surface area contributed by atoms with Crippen molar-refractivity contribution in [2.45, 2.75) is 6.92 Å². The number of aryl methyl sites for hydroxylation is 1. The SMILES string of the molecule is Cc1ccccc1N=C1SCCN1C(=O)c1ccc(Cl)cc1. The average Bonchev–Trinajstić information content (AvgIpc) is 2.98. The van der Waals surface area contributed by atoms with E-state index in [1.807, 2.05) is 31.2 Å². The van der Waals surface area contributed by atoms with Crippen LogP contribution >= 0.6 is 23.4 Å². The number of carbonyl (C=O) groups excluding carboxylic acids is 1. The van der Waals surface area contributed by atoms with Gasteiger partial charge >= 0.3 is 0 Å². The van der Waals surface area contributed by atoms with E-state index < -0.39 is 0 Å². The molecule has 22 heavy (non-hydrogen) atoms. The van der Waals surface area contributed by atoms with Crippen LogP contribution in [0.2, 0.25) is 5.02 Å². The highest BCUT2D eigenvalue weighted by atomic mass is 35.5. The Morgan fingerprint density at radius 1 is 1.18 bits per heavy atom. The third kappa shape index (κ3) is 3.18. The minimum Gasteiger partial charge on any atom is -0.286 e. The number of amides is 1. The summed E-state index contributed by atoms with van der Waals surface area (Å²) in [6.45, 7) is 2.70. The Morgan fingerprint density at radius 2 is 1.91 bits per heavy atom. The second-order valence-electron chi connectivity index (χ2n) is 4.99. The molecule has 0 bridgehead atoms. The summed E-state index contributed by atoms with van der Waals surface area (Å²) in [5.74, 6) is 0.832. The molecule has 1 heterocycles. The number of nitrogens with zero attached hydrogens (tertiary/aromatic N) is 2. The first kappa shape index (κ1) is 15.1. The molecule has 1 aliphatic rings. The van der Waals surface area contributed by atoms with Gasteiger partial charge in [0.05, 0.1) is 5.69 Å². The molecule has 2 aromatic rings. The van der Waals surface area contributed by atoms with Crippen molar-refractivity contribution in [2.24, 2.45) is 4.99 Å². The van der Waals surface area contributed by atoms with Gasteiger partial charge in [-0.15, -0.1) is 0 Å². The van der Waals surface area contributed by atoms with Gasteiger partial charge in [-0.05, 0) is 42.8 Å². The smallest absolute Gasteiger partial charge is 0.259 e. The fraction of sp³-hybridized carbons (Fsp3) is 0.176. The summed E-state index contributed by atoms with van der Waals surface area (Å²) in [6, 6.07) is 14.9. The maximum absolute atomic E-state index is 12.6. The van der Waals surface area contributed by atoms with Crippen molar-refractivity contribution in [3.63, 3.8) is 0 Å². The zero-order valence-electron chi connectivity index (χ0n) is 12.1. The molecule has 1 aliphatic heterocycles. The van der Waals surface area contributed by atoms with E-state index in [9.17, 15) is 4.79 Å². The molecule has 0 spiro atoms. The number of thioether (sulfide) groups is 1. The zero-order valence-corrected chi connectivity index (χ0v) is 13.7. The van der Waals surface area contributed by atoms with Crippen LogP contribution in [0, 0.1) is 6.92 Å². The fourth-order valence-corrected chi connectivity index (χ4v) is 3.30. The highest BCUT2D eigenvalue weighted by Gasteiger charge is 2.26. The minimum atomic E-state index is -0.0333. The molecular formula is C17H15ClN2OS. The van der Waals surface area contributed by atoms with Gasteiger partial charge in [-0.1, -0.05) is 41.6 Å². The Kier molecular flexibility index (Phi) is 4.50. The predicted molar refractivity (Wildman–Crippen MR) is 93.2 cm³/mol. The molecule has 0 saturated carbocycles. The third-order valence-corrected chi connectivity index (χ3v) is 4.65. The van der Waals surface area contributed by atoms with Crippen LogP contribution in [-0.4, -0.2) is 28.3 Å². The molecule has 0 unspecified atom stereocenters. The van der Waals surface area contributed by atoms with Gasteiger partial charge < -0.3 is 0 Å². The van der Waals surface area contributed by atoms with Crippen LogP contribution in [-0.2, 0) is 0 Å². The summed E-state index contributed by atoms with van der Waals surface area (Å²) in [5, 5.41) is 1.38. The Balaban J connectivity index is 1.88. The first-order valence-corrected chi connectivity index (χ1v) is 8.36. The molecule has 1 saturated heterocycles. The van der Waals surface area contributed by atoms with Crippen molar-refractivity contribution in [1.29, 1.82) is 0 Å². The van der Waals surface area contributed by atoms with Crippen LogP contribution in [0.5, 0.6) is 0 Å². The Morgan fingerprint density at radius 3 is 2.64 bits per heavy atom. The number of para-hydroxylation sites is 1. The molecule has 0 N–H and O–H groups in total. The molecule has 0 aromatic heterocycles. The standard InChI is InChI=1S/C17H15ClN2OS/c1-12-4-2-3-5-15(12)19-17-20(10-11-22-17)16(21)13-6-8-14(18)9-7-13/h2-9H,10-11H2,1H3. The topological polar surface area (TPSA) is 32.7 Å². The van der Waals surface area contributed by atoms with E-state index in [-0.39, 0.29) is 5.91 Å². The van der Waals surface area contributed by atoms with Gasteiger partial charge in [0.2, 0.25) is 0 Å². The number of hydrogen-bond donors (Lipinski definition) is 0. The van der Waals surface area contributed by atoms with Crippen molar-refractivity contribution < 1.29 is 4.79 Å². The summed E-state index contributed by atoms with van der Waals surface area (Å²) < 4.78 is 0. The number of halogens is 1. The predicted octanol–water partition coefficient (Wildman–Crippen LogP) is 4.53. The van der Waals surface area contributed by atoms with Crippen molar-refractivity contribution in [3.8, 4) is 0 Å². The van der Waals surface area contributed by atoms with Crippen LogP contribution in [0.15, 0.2) is 53.5 Å². The normalized spacial score (nSPS) is 16.3. The lowest BCUT2D eigenvalue weighted by atomic mass is 10.2. The molecule has 3 nitrogen and oxygen atoms in total. The van der Waals surface area contributed by atoms with E-state index in [1.165, 1.54) is 0 Å². The monoisotopic (exact) mass is 330 g/mol. The Hall–Kier alpha value is -1.78. The van der Waals surface area contributed by atoms with Crippen LogP contribution in [0.3, 0.4) is 0 Å². The van der Waals surface area contributed by atoms with Crippen molar-refractivity contribution in [3.05, 3.63) is 64.7 Å². The molecule has 112 valence electrons. The minimum absolute atomic E-state index is 0.0333. The van der Waals surface area contributed by atoms with Gasteiger partial charge in [-0.3, -0.25) is 9.69 Å². The van der Waals surface area contributed by atoms with Gasteiger partial charge in [0.1, 0.15) is 0 Å². The number of benzene rings is 2. The van der Waals surface area contributed by atoms with E-state index in [2.05, 4.69) is 4.99 Å². The molecule has 0 atom stereocenters. The highest BCUT2D eigenvalue weighted by Crippen LogP contribution is 2.26. The largest absolute Gasteiger partial charge is 0.286 e. The van der Waals surface area contributed by atoms with Crippen molar-refractivity contribution in [1.82, 2.24) is 4.90 Å². The molecular weight excluding hydrogens is 316 g/mol. The molecule has 1 fully saturated rings. The number of rotatable bonds is 2. The van der Waals surface area contributed by atoms with Gasteiger partial charge in [0.25, 0.3) is 5.91 Å². The third-order valence-electron chi connectivity index (χ3n) is 3.44. The second kappa shape index (κ2) is 6.55. The second-order valence-corrected chi connectivity index (χ2v) is 6.49. The van der Waals surface area contributed by atoms with E-state index in [4.69, 9.17) is 11.6 Å². The first-order valence-electron chi connectivity index (χ1n) is 7.00. The van der Waals surface area contributed by atoms with Crippen LogP contribution in [0.25, 0.3) is 0 Å². The number of carbonyl (C=O) groups is 1. The number of amidine groups is 1. The van der Waals surface area contributed by atoms with E-state index in [0.29, 0.717) is 17.1 Å². The van der Waals surface area contributed by atoms with Crippen LogP contribution in [0.4, 0.5) is 5.69 Å². The van der Waals surface area contributed by atoms with E-state index >= 15 is 0 Å². The molecule has 3 rings (SSSR count).